The van der Waals surface area contributed by atoms with E-state index in [1.165, 1.54) is 11.1 Å². The fraction of sp³-hybridized carbons (Fsp3) is 0.381. The van der Waals surface area contributed by atoms with Crippen LogP contribution in [0.15, 0.2) is 48.5 Å². The highest BCUT2D eigenvalue weighted by atomic mass is 16.2. The molecule has 0 unspecified atom stereocenters. The highest BCUT2D eigenvalue weighted by Crippen LogP contribution is 2.28. The van der Waals surface area contributed by atoms with Gasteiger partial charge in [-0.2, -0.15) is 0 Å². The van der Waals surface area contributed by atoms with Gasteiger partial charge >= 0.3 is 0 Å². The SMILES string of the molecule is CCCN(C(=O)c1ccc(CNc2ccc(C)cc2)cc1)C1CC1. The summed E-state index contributed by atoms with van der Waals surface area (Å²) < 4.78 is 0. The van der Waals surface area contributed by atoms with Gasteiger partial charge in [0.15, 0.2) is 0 Å². The Morgan fingerprint density at radius 1 is 1.08 bits per heavy atom. The fourth-order valence-electron chi connectivity index (χ4n) is 2.88. The molecule has 0 aliphatic heterocycles. The van der Waals surface area contributed by atoms with Crippen LogP contribution < -0.4 is 5.32 Å². The lowest BCUT2D eigenvalue weighted by Crippen LogP contribution is -2.33. The van der Waals surface area contributed by atoms with Crippen molar-refractivity contribution in [1.29, 1.82) is 0 Å². The molecule has 0 atom stereocenters. The maximum atomic E-state index is 12.6. The predicted molar refractivity (Wildman–Crippen MR) is 99.3 cm³/mol. The average Bonchev–Trinajstić information content (AvgIpc) is 3.44. The van der Waals surface area contributed by atoms with Crippen LogP contribution in [0, 0.1) is 6.92 Å². The van der Waals surface area contributed by atoms with Gasteiger partial charge in [-0.3, -0.25) is 4.79 Å². The van der Waals surface area contributed by atoms with Gasteiger partial charge in [0.05, 0.1) is 0 Å². The van der Waals surface area contributed by atoms with Gasteiger partial charge < -0.3 is 10.2 Å². The van der Waals surface area contributed by atoms with E-state index in [1.807, 2.05) is 29.2 Å². The van der Waals surface area contributed by atoms with E-state index in [1.54, 1.807) is 0 Å². The van der Waals surface area contributed by atoms with Gasteiger partial charge in [0, 0.05) is 30.4 Å². The molecule has 3 heteroatoms. The lowest BCUT2D eigenvalue weighted by molar-refractivity contribution is 0.0743. The number of anilines is 1. The molecule has 0 spiro atoms. The molecule has 2 aromatic carbocycles. The van der Waals surface area contributed by atoms with E-state index >= 15 is 0 Å². The highest BCUT2D eigenvalue weighted by Gasteiger charge is 2.32. The normalized spacial score (nSPS) is 13.6. The number of hydrogen-bond acceptors (Lipinski definition) is 2. The van der Waals surface area contributed by atoms with E-state index in [4.69, 9.17) is 0 Å². The van der Waals surface area contributed by atoms with Crippen LogP contribution >= 0.6 is 0 Å². The van der Waals surface area contributed by atoms with Crippen LogP contribution in [0.4, 0.5) is 5.69 Å². The molecule has 0 radical (unpaired) electrons. The van der Waals surface area contributed by atoms with Crippen LogP contribution in [-0.4, -0.2) is 23.4 Å². The standard InChI is InChI=1S/C21H26N2O/c1-3-14-23(20-12-13-20)21(24)18-8-6-17(7-9-18)15-22-19-10-4-16(2)5-11-19/h4-11,20,22H,3,12-15H2,1-2H3. The summed E-state index contributed by atoms with van der Waals surface area (Å²) in [5.41, 5.74) is 4.36. The van der Waals surface area contributed by atoms with Crippen LogP contribution in [0.1, 0.15) is 47.7 Å². The van der Waals surface area contributed by atoms with Crippen molar-refractivity contribution < 1.29 is 4.79 Å². The second-order valence-electron chi connectivity index (χ2n) is 6.65. The first-order valence-corrected chi connectivity index (χ1v) is 8.88. The van der Waals surface area contributed by atoms with Gasteiger partial charge in [0.1, 0.15) is 0 Å². The van der Waals surface area contributed by atoms with Gasteiger partial charge in [-0.05, 0) is 56.0 Å². The van der Waals surface area contributed by atoms with E-state index in [-0.39, 0.29) is 5.91 Å². The molecule has 0 heterocycles. The number of carbonyl (C=O) groups is 1. The van der Waals surface area contributed by atoms with E-state index in [0.717, 1.165) is 43.6 Å². The number of hydrogen-bond donors (Lipinski definition) is 1. The first kappa shape index (κ1) is 16.6. The Morgan fingerprint density at radius 3 is 2.33 bits per heavy atom. The quantitative estimate of drug-likeness (QED) is 0.806. The maximum absolute atomic E-state index is 12.6. The Kier molecular flexibility index (Phi) is 5.19. The van der Waals surface area contributed by atoms with E-state index in [2.05, 4.69) is 43.4 Å². The van der Waals surface area contributed by atoms with Crippen molar-refractivity contribution in [2.75, 3.05) is 11.9 Å². The molecule has 1 saturated carbocycles. The van der Waals surface area contributed by atoms with Crippen molar-refractivity contribution in [3.05, 3.63) is 65.2 Å². The Labute approximate surface area is 144 Å². The van der Waals surface area contributed by atoms with Crippen LogP contribution in [0.2, 0.25) is 0 Å². The minimum absolute atomic E-state index is 0.178. The van der Waals surface area contributed by atoms with Gasteiger partial charge in [-0.25, -0.2) is 0 Å². The van der Waals surface area contributed by atoms with Crippen molar-refractivity contribution in [2.24, 2.45) is 0 Å². The molecular weight excluding hydrogens is 296 g/mol. The molecule has 24 heavy (non-hydrogen) atoms. The fourth-order valence-corrected chi connectivity index (χ4v) is 2.88. The van der Waals surface area contributed by atoms with Crippen molar-refractivity contribution in [2.45, 2.75) is 45.7 Å². The number of amides is 1. The molecule has 1 aliphatic rings. The molecule has 126 valence electrons. The molecular formula is C21H26N2O. The third-order valence-corrected chi connectivity index (χ3v) is 4.46. The van der Waals surface area contributed by atoms with Gasteiger partial charge in [0.2, 0.25) is 0 Å². The number of benzene rings is 2. The molecule has 1 amide bonds. The summed E-state index contributed by atoms with van der Waals surface area (Å²) in [7, 11) is 0. The summed E-state index contributed by atoms with van der Waals surface area (Å²) in [4.78, 5) is 14.7. The summed E-state index contributed by atoms with van der Waals surface area (Å²) in [6.45, 7) is 5.84. The molecule has 0 bridgehead atoms. The Hall–Kier alpha value is -2.29. The number of aryl methyl sites for hydroxylation is 1. The van der Waals surface area contributed by atoms with Crippen molar-refractivity contribution in [3.8, 4) is 0 Å². The van der Waals surface area contributed by atoms with Gasteiger partial charge in [-0.15, -0.1) is 0 Å². The predicted octanol–water partition coefficient (Wildman–Crippen LogP) is 4.62. The molecule has 1 fully saturated rings. The first-order chi connectivity index (χ1) is 11.7. The van der Waals surface area contributed by atoms with E-state index in [0.29, 0.717) is 6.04 Å². The van der Waals surface area contributed by atoms with E-state index < -0.39 is 0 Å². The van der Waals surface area contributed by atoms with Crippen LogP contribution in [0.3, 0.4) is 0 Å². The monoisotopic (exact) mass is 322 g/mol. The largest absolute Gasteiger partial charge is 0.381 e. The third kappa shape index (κ3) is 4.16. The van der Waals surface area contributed by atoms with Crippen molar-refractivity contribution in [3.63, 3.8) is 0 Å². The smallest absolute Gasteiger partial charge is 0.254 e. The van der Waals surface area contributed by atoms with Crippen molar-refractivity contribution >= 4 is 11.6 Å². The minimum Gasteiger partial charge on any atom is -0.381 e. The highest BCUT2D eigenvalue weighted by molar-refractivity contribution is 5.94. The lowest BCUT2D eigenvalue weighted by Gasteiger charge is -2.21. The maximum Gasteiger partial charge on any atom is 0.254 e. The summed E-state index contributed by atoms with van der Waals surface area (Å²) in [6.07, 6.45) is 3.33. The Morgan fingerprint density at radius 2 is 1.75 bits per heavy atom. The number of nitrogens with zero attached hydrogens (tertiary/aromatic N) is 1. The molecule has 3 nitrogen and oxygen atoms in total. The number of rotatable bonds is 7. The van der Waals surface area contributed by atoms with Gasteiger partial charge in [0.25, 0.3) is 5.91 Å². The molecule has 3 rings (SSSR count). The average molecular weight is 322 g/mol. The molecule has 2 aromatic rings. The van der Waals surface area contributed by atoms with Crippen LogP contribution in [0.25, 0.3) is 0 Å². The third-order valence-electron chi connectivity index (χ3n) is 4.46. The summed E-state index contributed by atoms with van der Waals surface area (Å²) >= 11 is 0. The zero-order chi connectivity index (χ0) is 16.9. The second kappa shape index (κ2) is 7.52. The summed E-state index contributed by atoms with van der Waals surface area (Å²) in [5, 5.41) is 3.41. The Bertz CT molecular complexity index is 672. The topological polar surface area (TPSA) is 32.3 Å². The molecule has 0 saturated heterocycles. The molecule has 0 aromatic heterocycles. The van der Waals surface area contributed by atoms with Gasteiger partial charge in [-0.1, -0.05) is 36.8 Å². The molecule has 1 N–H and O–H groups in total. The van der Waals surface area contributed by atoms with Crippen LogP contribution in [-0.2, 0) is 6.54 Å². The zero-order valence-electron chi connectivity index (χ0n) is 14.6. The Balaban J connectivity index is 1.60. The van der Waals surface area contributed by atoms with Crippen LogP contribution in [0.5, 0.6) is 0 Å². The number of carbonyl (C=O) groups excluding carboxylic acids is 1. The zero-order valence-corrected chi connectivity index (χ0v) is 14.6. The number of nitrogens with one attached hydrogen (secondary N) is 1. The second-order valence-corrected chi connectivity index (χ2v) is 6.65. The van der Waals surface area contributed by atoms with Crippen molar-refractivity contribution in [1.82, 2.24) is 4.90 Å². The lowest BCUT2D eigenvalue weighted by atomic mass is 10.1. The summed E-state index contributed by atoms with van der Waals surface area (Å²) in [6, 6.07) is 16.9. The minimum atomic E-state index is 0.178. The first-order valence-electron chi connectivity index (χ1n) is 8.88. The van der Waals surface area contributed by atoms with E-state index in [9.17, 15) is 4.79 Å². The molecule has 1 aliphatic carbocycles. The summed E-state index contributed by atoms with van der Waals surface area (Å²) in [5.74, 6) is 0.178.